The molecule has 0 aromatic carbocycles. The summed E-state index contributed by atoms with van der Waals surface area (Å²) in [4.78, 5) is 0. The van der Waals surface area contributed by atoms with Crippen LogP contribution >= 0.6 is 0 Å². The molecule has 0 atom stereocenters. The van der Waals surface area contributed by atoms with Crippen molar-refractivity contribution >= 4 is 0 Å². The minimum atomic E-state index is 0. The fourth-order valence-electron chi connectivity index (χ4n) is 1.28. The molecule has 0 bridgehead atoms. The van der Waals surface area contributed by atoms with Gasteiger partial charge in [-0.15, -0.1) is 18.3 Å². The van der Waals surface area contributed by atoms with Crippen molar-refractivity contribution in [3.05, 3.63) is 53.7 Å². The van der Waals surface area contributed by atoms with Crippen LogP contribution in [-0.2, 0) is 26.5 Å². The molecular weight excluding hydrogens is 307 g/mol. The molecule has 0 aliphatic heterocycles. The fourth-order valence-corrected chi connectivity index (χ4v) is 1.28. The van der Waals surface area contributed by atoms with Gasteiger partial charge in [-0.1, -0.05) is 20.8 Å². The first-order chi connectivity index (χ1) is 8.04. The van der Waals surface area contributed by atoms with Gasteiger partial charge in [0.2, 0.25) is 0 Å². The molecule has 1 aliphatic carbocycles. The maximum atomic E-state index is 3.19. The van der Waals surface area contributed by atoms with Crippen molar-refractivity contribution in [2.24, 2.45) is 7.05 Å². The summed E-state index contributed by atoms with van der Waals surface area (Å²) < 4.78 is 2.03. The SMILES string of the molecule is C[CH-]C.Cc1[c-]n(C)c(C)c1C.[C-]1=CC=CC1.[Ru+3]. The van der Waals surface area contributed by atoms with Gasteiger partial charge in [0.15, 0.2) is 0 Å². The molecule has 0 spiro atoms. The molecule has 1 aromatic heterocycles. The van der Waals surface area contributed by atoms with Crippen LogP contribution < -0.4 is 0 Å². The Morgan fingerprint density at radius 2 is 1.78 bits per heavy atom. The van der Waals surface area contributed by atoms with Gasteiger partial charge < -0.3 is 11.0 Å². The number of hydrogen-bond donors (Lipinski definition) is 0. The standard InChI is InChI=1S/C8H12N.C5H5.C3H7.Ru/c1-6-5-9(4)8(3)7(6)2;1-2-4-5-3-1;1-3-2;/h1-4H3;1-3H,4H2;3H,1-2H3;/q3*-1;+3. The molecule has 0 saturated carbocycles. The minimum Gasteiger partial charge on any atom is -0.470 e. The largest absolute Gasteiger partial charge is 3.00 e. The number of aryl methyl sites for hydroxylation is 2. The van der Waals surface area contributed by atoms with Gasteiger partial charge in [0.1, 0.15) is 0 Å². The molecule has 1 radical (unpaired) electrons. The Hall–Kier alpha value is -0.617. The molecule has 1 aromatic rings. The topological polar surface area (TPSA) is 4.93 Å². The smallest absolute Gasteiger partial charge is 0.470 e. The maximum Gasteiger partial charge on any atom is 3.00 e. The van der Waals surface area contributed by atoms with Crippen molar-refractivity contribution in [2.45, 2.75) is 41.0 Å². The number of nitrogens with zero attached hydrogens (tertiary/aromatic N) is 1. The third-order valence-corrected chi connectivity index (χ3v) is 2.53. The van der Waals surface area contributed by atoms with Crippen molar-refractivity contribution in [1.82, 2.24) is 4.57 Å². The summed E-state index contributed by atoms with van der Waals surface area (Å²) in [6.45, 7) is 10.3. The Morgan fingerprint density at radius 3 is 1.89 bits per heavy atom. The molecule has 0 unspecified atom stereocenters. The number of aromatic nitrogens is 1. The first-order valence-corrected chi connectivity index (χ1v) is 6.02. The third kappa shape index (κ3) is 7.66. The van der Waals surface area contributed by atoms with Gasteiger partial charge in [0, 0.05) is 0 Å². The van der Waals surface area contributed by atoms with Crippen molar-refractivity contribution in [2.75, 3.05) is 0 Å². The summed E-state index contributed by atoms with van der Waals surface area (Å²) in [5, 5.41) is 0. The van der Waals surface area contributed by atoms with E-state index in [2.05, 4.69) is 39.1 Å². The van der Waals surface area contributed by atoms with Gasteiger partial charge in [-0.3, -0.25) is 6.08 Å². The Morgan fingerprint density at radius 1 is 1.22 bits per heavy atom. The zero-order valence-electron chi connectivity index (χ0n) is 12.3. The normalized spacial score (nSPS) is 11.0. The summed E-state index contributed by atoms with van der Waals surface area (Å²) in [7, 11) is 2.02. The van der Waals surface area contributed by atoms with E-state index >= 15 is 0 Å². The van der Waals surface area contributed by atoms with E-state index in [-0.39, 0.29) is 19.5 Å². The first kappa shape index (κ1) is 19.7. The van der Waals surface area contributed by atoms with Crippen molar-refractivity contribution in [1.29, 1.82) is 0 Å². The summed E-state index contributed by atoms with van der Waals surface area (Å²) >= 11 is 0. The molecule has 1 nitrogen and oxygen atoms in total. The van der Waals surface area contributed by atoms with Gasteiger partial charge in [0.25, 0.3) is 0 Å². The van der Waals surface area contributed by atoms with Crippen LogP contribution in [0, 0.1) is 39.5 Å². The monoisotopic (exact) mass is 332 g/mol. The minimum absolute atomic E-state index is 0. The van der Waals surface area contributed by atoms with E-state index in [1.54, 1.807) is 0 Å². The Balaban J connectivity index is 0. The van der Waals surface area contributed by atoms with Crippen LogP contribution in [0.25, 0.3) is 0 Å². The van der Waals surface area contributed by atoms with Crippen LogP contribution in [0.3, 0.4) is 0 Å². The van der Waals surface area contributed by atoms with E-state index in [0.29, 0.717) is 0 Å². The second-order valence-corrected chi connectivity index (χ2v) is 4.09. The zero-order chi connectivity index (χ0) is 13.3. The average molecular weight is 331 g/mol. The first-order valence-electron chi connectivity index (χ1n) is 6.02. The van der Waals surface area contributed by atoms with Gasteiger partial charge in [-0.2, -0.15) is 31.1 Å². The Labute approximate surface area is 126 Å². The Bertz CT molecular complexity index is 340. The van der Waals surface area contributed by atoms with Crippen LogP contribution in [0.1, 0.15) is 37.1 Å². The molecule has 18 heavy (non-hydrogen) atoms. The van der Waals surface area contributed by atoms with Gasteiger partial charge >= 0.3 is 19.5 Å². The fraction of sp³-hybridized carbons (Fsp3) is 0.438. The second kappa shape index (κ2) is 11.5. The third-order valence-electron chi connectivity index (χ3n) is 2.53. The quantitative estimate of drug-likeness (QED) is 0.494. The molecular formula is C16H24NRu. The zero-order valence-corrected chi connectivity index (χ0v) is 14.1. The molecule has 0 amide bonds. The van der Waals surface area contributed by atoms with E-state index < -0.39 is 0 Å². The maximum absolute atomic E-state index is 3.19. The molecule has 2 heteroatoms. The molecule has 0 N–H and O–H groups in total. The molecule has 0 fully saturated rings. The van der Waals surface area contributed by atoms with E-state index in [9.17, 15) is 0 Å². The predicted molar refractivity (Wildman–Crippen MR) is 75.7 cm³/mol. The van der Waals surface area contributed by atoms with Crippen LogP contribution in [0.4, 0.5) is 0 Å². The second-order valence-electron chi connectivity index (χ2n) is 4.09. The predicted octanol–water partition coefficient (Wildman–Crippen LogP) is 4.28. The van der Waals surface area contributed by atoms with Gasteiger partial charge in [0.05, 0.1) is 0 Å². The summed E-state index contributed by atoms with van der Waals surface area (Å²) in [6.07, 6.45) is 15.2. The molecule has 1 aliphatic rings. The van der Waals surface area contributed by atoms with Crippen molar-refractivity contribution in [3.63, 3.8) is 0 Å². The average Bonchev–Trinajstić information content (AvgIpc) is 2.91. The summed E-state index contributed by atoms with van der Waals surface area (Å²) in [6, 6.07) is 0. The van der Waals surface area contributed by atoms with Gasteiger partial charge in [-0.05, 0) is 7.05 Å². The van der Waals surface area contributed by atoms with Crippen molar-refractivity contribution < 1.29 is 19.5 Å². The van der Waals surface area contributed by atoms with E-state index in [1.807, 2.05) is 44.0 Å². The van der Waals surface area contributed by atoms with E-state index in [1.165, 1.54) is 16.8 Å². The number of allylic oxidation sites excluding steroid dienone is 4. The molecule has 101 valence electrons. The van der Waals surface area contributed by atoms with E-state index in [4.69, 9.17) is 0 Å². The number of rotatable bonds is 0. The van der Waals surface area contributed by atoms with Crippen LogP contribution in [0.15, 0.2) is 18.2 Å². The number of hydrogen-bond acceptors (Lipinski definition) is 0. The molecule has 1 heterocycles. The molecule has 0 saturated heterocycles. The van der Waals surface area contributed by atoms with Crippen LogP contribution in [0.5, 0.6) is 0 Å². The van der Waals surface area contributed by atoms with Gasteiger partial charge in [-0.25, -0.2) is 12.2 Å². The van der Waals surface area contributed by atoms with Crippen LogP contribution in [-0.4, -0.2) is 4.57 Å². The van der Waals surface area contributed by atoms with Crippen molar-refractivity contribution in [3.8, 4) is 0 Å². The van der Waals surface area contributed by atoms with E-state index in [0.717, 1.165) is 6.42 Å². The Kier molecular flexibility index (Phi) is 12.6. The molecule has 2 rings (SSSR count). The summed E-state index contributed by atoms with van der Waals surface area (Å²) in [5.74, 6) is 0. The van der Waals surface area contributed by atoms with Crippen LogP contribution in [0.2, 0.25) is 0 Å². The summed E-state index contributed by atoms with van der Waals surface area (Å²) in [5.41, 5.74) is 3.93.